The van der Waals surface area contributed by atoms with E-state index in [1.165, 1.54) is 4.68 Å². The molecule has 0 spiro atoms. The Balaban J connectivity index is 1.45. The van der Waals surface area contributed by atoms with Crippen LogP contribution in [0, 0.1) is 13.8 Å². The Labute approximate surface area is 167 Å². The van der Waals surface area contributed by atoms with Gasteiger partial charge >= 0.3 is 0 Å². The SMILES string of the molecule is COc1cccc(N2CCN(C(=O)Cn3nc(C)c4c(C)onc4c3=O)CC2)c1. The molecule has 9 heteroatoms. The van der Waals surface area contributed by atoms with Crippen LogP contribution in [0.5, 0.6) is 5.75 Å². The van der Waals surface area contributed by atoms with Crippen molar-refractivity contribution in [3.63, 3.8) is 0 Å². The maximum Gasteiger partial charge on any atom is 0.297 e. The number of fused-ring (bicyclic) bond motifs is 1. The van der Waals surface area contributed by atoms with E-state index in [0.29, 0.717) is 43.0 Å². The highest BCUT2D eigenvalue weighted by atomic mass is 16.5. The van der Waals surface area contributed by atoms with Crippen molar-refractivity contribution in [2.75, 3.05) is 38.2 Å². The van der Waals surface area contributed by atoms with Crippen molar-refractivity contribution in [3.8, 4) is 5.75 Å². The Kier molecular flexibility index (Phi) is 4.96. The number of methoxy groups -OCH3 is 1. The number of ether oxygens (including phenoxy) is 1. The van der Waals surface area contributed by atoms with Crippen LogP contribution in [0.3, 0.4) is 0 Å². The summed E-state index contributed by atoms with van der Waals surface area (Å²) in [6.07, 6.45) is 0. The van der Waals surface area contributed by atoms with Gasteiger partial charge in [0.2, 0.25) is 5.91 Å². The van der Waals surface area contributed by atoms with Gasteiger partial charge in [0.25, 0.3) is 5.56 Å². The van der Waals surface area contributed by atoms with Gasteiger partial charge in [0.1, 0.15) is 18.1 Å². The van der Waals surface area contributed by atoms with Gasteiger partial charge < -0.3 is 19.1 Å². The number of rotatable bonds is 4. The first-order valence-electron chi connectivity index (χ1n) is 9.48. The number of aromatic nitrogens is 3. The van der Waals surface area contributed by atoms with Crippen molar-refractivity contribution in [1.29, 1.82) is 0 Å². The van der Waals surface area contributed by atoms with E-state index in [1.54, 1.807) is 25.9 Å². The van der Waals surface area contributed by atoms with Crippen molar-refractivity contribution < 1.29 is 14.1 Å². The number of piperazine rings is 1. The van der Waals surface area contributed by atoms with Crippen LogP contribution in [-0.4, -0.2) is 59.0 Å². The van der Waals surface area contributed by atoms with Crippen LogP contribution in [0.4, 0.5) is 5.69 Å². The molecule has 152 valence electrons. The van der Waals surface area contributed by atoms with E-state index in [-0.39, 0.29) is 18.0 Å². The molecule has 1 aliphatic rings. The lowest BCUT2D eigenvalue weighted by Crippen LogP contribution is -2.50. The van der Waals surface area contributed by atoms with E-state index in [1.807, 2.05) is 24.3 Å². The van der Waals surface area contributed by atoms with Crippen LogP contribution < -0.4 is 15.2 Å². The van der Waals surface area contributed by atoms with Gasteiger partial charge in [-0.1, -0.05) is 11.2 Å². The first kappa shape index (κ1) is 19.0. The lowest BCUT2D eigenvalue weighted by molar-refractivity contribution is -0.132. The van der Waals surface area contributed by atoms with Crippen molar-refractivity contribution in [2.45, 2.75) is 20.4 Å². The van der Waals surface area contributed by atoms with Gasteiger partial charge in [0, 0.05) is 37.9 Å². The molecular weight excluding hydrogens is 374 g/mol. The maximum atomic E-state index is 12.8. The maximum absolute atomic E-state index is 12.8. The average Bonchev–Trinajstić information content (AvgIpc) is 3.14. The highest BCUT2D eigenvalue weighted by Gasteiger charge is 2.23. The Bertz CT molecular complexity index is 1110. The number of benzene rings is 1. The second-order valence-corrected chi connectivity index (χ2v) is 7.08. The van der Waals surface area contributed by atoms with Crippen LogP contribution >= 0.6 is 0 Å². The minimum atomic E-state index is -0.411. The fraction of sp³-hybridized carbons (Fsp3) is 0.400. The van der Waals surface area contributed by atoms with E-state index in [2.05, 4.69) is 15.2 Å². The Morgan fingerprint density at radius 1 is 1.21 bits per heavy atom. The zero-order chi connectivity index (χ0) is 20.5. The first-order valence-corrected chi connectivity index (χ1v) is 9.48. The molecule has 1 aromatic carbocycles. The summed E-state index contributed by atoms with van der Waals surface area (Å²) >= 11 is 0. The molecular formula is C20H23N5O4. The van der Waals surface area contributed by atoms with Crippen LogP contribution in [0.1, 0.15) is 11.5 Å². The number of amides is 1. The summed E-state index contributed by atoms with van der Waals surface area (Å²) < 4.78 is 11.6. The lowest BCUT2D eigenvalue weighted by atomic mass is 10.2. The van der Waals surface area contributed by atoms with Crippen LogP contribution in [0.15, 0.2) is 33.6 Å². The smallest absolute Gasteiger partial charge is 0.297 e. The van der Waals surface area contributed by atoms with E-state index in [9.17, 15) is 9.59 Å². The summed E-state index contributed by atoms with van der Waals surface area (Å²) in [7, 11) is 1.64. The van der Waals surface area contributed by atoms with Crippen LogP contribution in [0.25, 0.3) is 10.9 Å². The molecule has 4 rings (SSSR count). The third-order valence-corrected chi connectivity index (χ3v) is 5.27. The summed E-state index contributed by atoms with van der Waals surface area (Å²) in [5, 5.41) is 8.73. The molecule has 9 nitrogen and oxygen atoms in total. The van der Waals surface area contributed by atoms with E-state index in [4.69, 9.17) is 9.26 Å². The minimum absolute atomic E-state index is 0.110. The van der Waals surface area contributed by atoms with Crippen LogP contribution in [-0.2, 0) is 11.3 Å². The number of carbonyl (C=O) groups excluding carboxylic acids is 1. The van der Waals surface area contributed by atoms with E-state index < -0.39 is 5.56 Å². The normalized spacial score (nSPS) is 14.4. The highest BCUT2D eigenvalue weighted by molar-refractivity contribution is 5.82. The standard InChI is InChI=1S/C20H23N5O4/c1-13-18-14(2)29-22-19(18)20(27)25(21-13)12-17(26)24-9-7-23(8-10-24)15-5-4-6-16(11-15)28-3/h4-6,11H,7-10,12H2,1-3H3. The van der Waals surface area contributed by atoms with Crippen molar-refractivity contribution >= 4 is 22.5 Å². The zero-order valence-corrected chi connectivity index (χ0v) is 16.7. The molecule has 0 unspecified atom stereocenters. The lowest BCUT2D eigenvalue weighted by Gasteiger charge is -2.36. The third kappa shape index (κ3) is 3.55. The molecule has 1 amide bonds. The van der Waals surface area contributed by atoms with Gasteiger partial charge in [-0.05, 0) is 26.0 Å². The van der Waals surface area contributed by atoms with Crippen molar-refractivity contribution in [3.05, 3.63) is 46.1 Å². The largest absolute Gasteiger partial charge is 0.497 e. The molecule has 3 aromatic rings. The molecule has 0 aliphatic carbocycles. The monoisotopic (exact) mass is 397 g/mol. The molecule has 29 heavy (non-hydrogen) atoms. The molecule has 1 fully saturated rings. The quantitative estimate of drug-likeness (QED) is 0.656. The fourth-order valence-electron chi connectivity index (χ4n) is 3.70. The highest BCUT2D eigenvalue weighted by Crippen LogP contribution is 2.22. The van der Waals surface area contributed by atoms with Crippen molar-refractivity contribution in [1.82, 2.24) is 19.8 Å². The summed E-state index contributed by atoms with van der Waals surface area (Å²) in [6, 6.07) is 7.87. The predicted octanol–water partition coefficient (Wildman–Crippen LogP) is 1.36. The average molecular weight is 397 g/mol. The number of hydrogen-bond acceptors (Lipinski definition) is 7. The van der Waals surface area contributed by atoms with Gasteiger partial charge in [-0.2, -0.15) is 5.10 Å². The number of anilines is 1. The van der Waals surface area contributed by atoms with Gasteiger partial charge in [-0.25, -0.2) is 4.68 Å². The Morgan fingerprint density at radius 2 is 1.97 bits per heavy atom. The Morgan fingerprint density at radius 3 is 2.69 bits per heavy atom. The van der Waals surface area contributed by atoms with Crippen LogP contribution in [0.2, 0.25) is 0 Å². The topological polar surface area (TPSA) is 93.7 Å². The summed E-state index contributed by atoms with van der Waals surface area (Å²) in [5.41, 5.74) is 1.49. The summed E-state index contributed by atoms with van der Waals surface area (Å²) in [6.45, 7) is 5.98. The second-order valence-electron chi connectivity index (χ2n) is 7.08. The second kappa shape index (κ2) is 7.57. The number of hydrogen-bond donors (Lipinski definition) is 0. The minimum Gasteiger partial charge on any atom is -0.497 e. The molecule has 0 atom stereocenters. The van der Waals surface area contributed by atoms with Gasteiger partial charge in [0.15, 0.2) is 5.52 Å². The zero-order valence-electron chi connectivity index (χ0n) is 16.7. The molecule has 1 aliphatic heterocycles. The summed E-state index contributed by atoms with van der Waals surface area (Å²) in [4.78, 5) is 29.3. The van der Waals surface area contributed by atoms with Gasteiger partial charge in [-0.15, -0.1) is 0 Å². The number of aryl methyl sites for hydroxylation is 2. The molecule has 0 N–H and O–H groups in total. The first-order chi connectivity index (χ1) is 14.0. The Hall–Kier alpha value is -3.36. The van der Waals surface area contributed by atoms with Gasteiger partial charge in [-0.3, -0.25) is 9.59 Å². The molecule has 2 aromatic heterocycles. The fourth-order valence-corrected chi connectivity index (χ4v) is 3.70. The molecule has 3 heterocycles. The molecule has 0 bridgehead atoms. The molecule has 0 saturated carbocycles. The summed E-state index contributed by atoms with van der Waals surface area (Å²) in [5.74, 6) is 1.22. The molecule has 0 radical (unpaired) electrons. The van der Waals surface area contributed by atoms with Gasteiger partial charge in [0.05, 0.1) is 18.2 Å². The number of nitrogens with zero attached hydrogens (tertiary/aromatic N) is 5. The third-order valence-electron chi connectivity index (χ3n) is 5.27. The van der Waals surface area contributed by atoms with E-state index >= 15 is 0 Å². The van der Waals surface area contributed by atoms with Crippen molar-refractivity contribution in [2.24, 2.45) is 0 Å². The number of carbonyl (C=O) groups is 1. The predicted molar refractivity (Wildman–Crippen MR) is 107 cm³/mol. The van der Waals surface area contributed by atoms with E-state index in [0.717, 1.165) is 11.4 Å². The molecule has 1 saturated heterocycles.